The van der Waals surface area contributed by atoms with E-state index in [1.807, 2.05) is 26.1 Å². The number of benzene rings is 2. The second-order valence-electron chi connectivity index (χ2n) is 7.36. The van der Waals surface area contributed by atoms with Gasteiger partial charge in [0.1, 0.15) is 0 Å². The fourth-order valence-corrected chi connectivity index (χ4v) is 3.43. The molecule has 0 saturated carbocycles. The van der Waals surface area contributed by atoms with E-state index in [1.165, 1.54) is 16.8 Å². The Kier molecular flexibility index (Phi) is 7.06. The number of rotatable bonds is 7. The average molecular weight is 382 g/mol. The second-order valence-corrected chi connectivity index (χ2v) is 7.36. The lowest BCUT2D eigenvalue weighted by atomic mass is 10.1. The molecule has 1 amide bonds. The van der Waals surface area contributed by atoms with Crippen LogP contribution in [0.4, 0.5) is 11.4 Å². The number of nitrogens with zero attached hydrogens (tertiary/aromatic N) is 2. The summed E-state index contributed by atoms with van der Waals surface area (Å²) in [6, 6.07) is 16.3. The van der Waals surface area contributed by atoms with Gasteiger partial charge < -0.3 is 15.0 Å². The standard InChI is InChI=1S/C23H31N3O2/c1-4-19-9-11-21(12-10-19)24-23(27)18(2)25(3)17-20-7-5-6-8-22(20)26-13-15-28-16-14-26/h5-12,18H,4,13-17H2,1-3H3,(H,24,27). The van der Waals surface area contributed by atoms with Crippen LogP contribution in [-0.4, -0.2) is 50.2 Å². The lowest BCUT2D eigenvalue weighted by Gasteiger charge is -2.32. The van der Waals surface area contributed by atoms with Crippen LogP contribution in [0.5, 0.6) is 0 Å². The Morgan fingerprint density at radius 1 is 1.14 bits per heavy atom. The van der Waals surface area contributed by atoms with Gasteiger partial charge in [0.05, 0.1) is 19.3 Å². The lowest BCUT2D eigenvalue weighted by Crippen LogP contribution is -2.40. The van der Waals surface area contributed by atoms with Crippen LogP contribution in [0.2, 0.25) is 0 Å². The average Bonchev–Trinajstić information content (AvgIpc) is 2.74. The van der Waals surface area contributed by atoms with Crippen molar-refractivity contribution in [1.82, 2.24) is 4.90 Å². The zero-order chi connectivity index (χ0) is 19.9. The first-order chi connectivity index (χ1) is 13.6. The van der Waals surface area contributed by atoms with Gasteiger partial charge >= 0.3 is 0 Å². The van der Waals surface area contributed by atoms with Gasteiger partial charge in [-0.15, -0.1) is 0 Å². The number of hydrogen-bond acceptors (Lipinski definition) is 4. The summed E-state index contributed by atoms with van der Waals surface area (Å²) in [5, 5.41) is 3.03. The van der Waals surface area contributed by atoms with Gasteiger partial charge in [-0.2, -0.15) is 0 Å². The highest BCUT2D eigenvalue weighted by atomic mass is 16.5. The highest BCUT2D eigenvalue weighted by Crippen LogP contribution is 2.23. The zero-order valence-electron chi connectivity index (χ0n) is 17.1. The van der Waals surface area contributed by atoms with Gasteiger partial charge in [0, 0.05) is 31.0 Å². The topological polar surface area (TPSA) is 44.8 Å². The van der Waals surface area contributed by atoms with Gasteiger partial charge in [-0.3, -0.25) is 9.69 Å². The summed E-state index contributed by atoms with van der Waals surface area (Å²) in [6.07, 6.45) is 0.996. The van der Waals surface area contributed by atoms with E-state index < -0.39 is 0 Å². The van der Waals surface area contributed by atoms with Crippen molar-refractivity contribution < 1.29 is 9.53 Å². The van der Waals surface area contributed by atoms with Crippen molar-refractivity contribution in [2.45, 2.75) is 32.9 Å². The number of morpholine rings is 1. The van der Waals surface area contributed by atoms with Crippen molar-refractivity contribution in [2.75, 3.05) is 43.6 Å². The van der Waals surface area contributed by atoms with Crippen molar-refractivity contribution in [1.29, 1.82) is 0 Å². The monoisotopic (exact) mass is 381 g/mol. The van der Waals surface area contributed by atoms with E-state index in [4.69, 9.17) is 4.74 Å². The molecule has 0 radical (unpaired) electrons. The molecule has 5 heteroatoms. The summed E-state index contributed by atoms with van der Waals surface area (Å²) in [4.78, 5) is 17.2. The number of carbonyl (C=O) groups is 1. The zero-order valence-corrected chi connectivity index (χ0v) is 17.1. The number of likely N-dealkylation sites (N-methyl/N-ethyl adjacent to an activating group) is 1. The second kappa shape index (κ2) is 9.71. The van der Waals surface area contributed by atoms with Crippen molar-refractivity contribution in [3.63, 3.8) is 0 Å². The number of para-hydroxylation sites is 1. The van der Waals surface area contributed by atoms with Crippen LogP contribution in [0.15, 0.2) is 48.5 Å². The van der Waals surface area contributed by atoms with E-state index in [0.717, 1.165) is 45.0 Å². The summed E-state index contributed by atoms with van der Waals surface area (Å²) in [7, 11) is 2.00. The predicted molar refractivity (Wildman–Crippen MR) is 115 cm³/mol. The molecule has 1 heterocycles. The summed E-state index contributed by atoms with van der Waals surface area (Å²) < 4.78 is 5.48. The molecular formula is C23H31N3O2. The lowest BCUT2D eigenvalue weighted by molar-refractivity contribution is -0.120. The summed E-state index contributed by atoms with van der Waals surface area (Å²) >= 11 is 0. The van der Waals surface area contributed by atoms with Gasteiger partial charge in [-0.05, 0) is 49.7 Å². The van der Waals surface area contributed by atoms with Crippen LogP contribution >= 0.6 is 0 Å². The van der Waals surface area contributed by atoms with E-state index in [2.05, 4.69) is 58.4 Å². The Morgan fingerprint density at radius 2 is 1.82 bits per heavy atom. The third kappa shape index (κ3) is 5.12. The van der Waals surface area contributed by atoms with Crippen molar-refractivity contribution in [3.05, 3.63) is 59.7 Å². The fourth-order valence-electron chi connectivity index (χ4n) is 3.43. The third-order valence-electron chi connectivity index (χ3n) is 5.43. The molecule has 28 heavy (non-hydrogen) atoms. The Hall–Kier alpha value is -2.37. The Morgan fingerprint density at radius 3 is 2.50 bits per heavy atom. The number of carbonyl (C=O) groups excluding carboxylic acids is 1. The SMILES string of the molecule is CCc1ccc(NC(=O)C(C)N(C)Cc2ccccc2N2CCOCC2)cc1. The number of hydrogen-bond donors (Lipinski definition) is 1. The molecule has 0 bridgehead atoms. The van der Waals surface area contributed by atoms with Crippen LogP contribution in [0.25, 0.3) is 0 Å². The molecule has 1 aliphatic heterocycles. The number of amides is 1. The Balaban J connectivity index is 1.63. The van der Waals surface area contributed by atoms with E-state index in [9.17, 15) is 4.79 Å². The minimum atomic E-state index is -0.233. The minimum absolute atomic E-state index is 0.00982. The fraction of sp³-hybridized carbons (Fsp3) is 0.435. The Labute approximate surface area is 168 Å². The maximum atomic E-state index is 12.7. The van der Waals surface area contributed by atoms with E-state index >= 15 is 0 Å². The van der Waals surface area contributed by atoms with Crippen molar-refractivity contribution >= 4 is 17.3 Å². The molecule has 1 fully saturated rings. The van der Waals surface area contributed by atoms with Gasteiger partial charge in [-0.25, -0.2) is 0 Å². The van der Waals surface area contributed by atoms with Crippen LogP contribution in [0.3, 0.4) is 0 Å². The van der Waals surface area contributed by atoms with Gasteiger partial charge in [-0.1, -0.05) is 37.3 Å². The normalized spacial score (nSPS) is 15.5. The molecule has 1 atom stereocenters. The van der Waals surface area contributed by atoms with Crippen LogP contribution in [0.1, 0.15) is 25.0 Å². The van der Waals surface area contributed by atoms with Crippen LogP contribution in [0, 0.1) is 0 Å². The number of nitrogens with one attached hydrogen (secondary N) is 1. The highest BCUT2D eigenvalue weighted by Gasteiger charge is 2.21. The summed E-state index contributed by atoms with van der Waals surface area (Å²) in [5.74, 6) is 0.00982. The quantitative estimate of drug-likeness (QED) is 0.797. The first-order valence-corrected chi connectivity index (χ1v) is 10.1. The molecule has 3 rings (SSSR count). The highest BCUT2D eigenvalue weighted by molar-refractivity contribution is 5.94. The van der Waals surface area contributed by atoms with Crippen LogP contribution in [-0.2, 0) is 22.5 Å². The van der Waals surface area contributed by atoms with Crippen molar-refractivity contribution in [2.24, 2.45) is 0 Å². The number of ether oxygens (including phenoxy) is 1. The predicted octanol–water partition coefficient (Wildman–Crippen LogP) is 3.54. The van der Waals surface area contributed by atoms with Crippen molar-refractivity contribution in [3.8, 4) is 0 Å². The molecular weight excluding hydrogens is 350 g/mol. The molecule has 150 valence electrons. The summed E-state index contributed by atoms with van der Waals surface area (Å²) in [5.41, 5.74) is 4.58. The van der Waals surface area contributed by atoms with Crippen LogP contribution < -0.4 is 10.2 Å². The largest absolute Gasteiger partial charge is 0.378 e. The molecule has 2 aromatic rings. The van der Waals surface area contributed by atoms with Gasteiger partial charge in [0.15, 0.2) is 0 Å². The molecule has 1 saturated heterocycles. The van der Waals surface area contributed by atoms with Gasteiger partial charge in [0.2, 0.25) is 5.91 Å². The molecule has 0 aliphatic carbocycles. The molecule has 5 nitrogen and oxygen atoms in total. The van der Waals surface area contributed by atoms with E-state index in [0.29, 0.717) is 0 Å². The van der Waals surface area contributed by atoms with Gasteiger partial charge in [0.25, 0.3) is 0 Å². The maximum absolute atomic E-state index is 12.7. The smallest absolute Gasteiger partial charge is 0.241 e. The third-order valence-corrected chi connectivity index (χ3v) is 5.43. The molecule has 1 unspecified atom stereocenters. The molecule has 0 spiro atoms. The summed E-state index contributed by atoms with van der Waals surface area (Å²) in [6.45, 7) is 8.14. The molecule has 1 N–H and O–H groups in total. The minimum Gasteiger partial charge on any atom is -0.378 e. The number of anilines is 2. The van der Waals surface area contributed by atoms with E-state index in [1.54, 1.807) is 0 Å². The number of aryl methyl sites for hydroxylation is 1. The van der Waals surface area contributed by atoms with E-state index in [-0.39, 0.29) is 11.9 Å². The first kappa shape index (κ1) is 20.4. The maximum Gasteiger partial charge on any atom is 0.241 e. The molecule has 1 aliphatic rings. The first-order valence-electron chi connectivity index (χ1n) is 10.1. The molecule has 0 aromatic heterocycles. The Bertz CT molecular complexity index is 770. The molecule has 2 aromatic carbocycles.